The molecule has 3 aromatic heterocycles. The number of aromatic nitrogens is 4. The lowest BCUT2D eigenvalue weighted by molar-refractivity contribution is -0.116. The van der Waals surface area contributed by atoms with Gasteiger partial charge in [-0.1, -0.05) is 19.1 Å². The number of hydrogen-bond acceptors (Lipinski definition) is 6. The molecule has 8 nitrogen and oxygen atoms in total. The van der Waals surface area contributed by atoms with Crippen LogP contribution in [0.5, 0.6) is 5.75 Å². The first-order valence-electron chi connectivity index (χ1n) is 9.91. The van der Waals surface area contributed by atoms with Gasteiger partial charge < -0.3 is 10.1 Å². The summed E-state index contributed by atoms with van der Waals surface area (Å²) < 4.78 is 9.60. The van der Waals surface area contributed by atoms with Crippen LogP contribution in [0, 0.1) is 0 Å². The quantitative estimate of drug-likeness (QED) is 0.467. The molecule has 30 heavy (non-hydrogen) atoms. The van der Waals surface area contributed by atoms with Crippen molar-refractivity contribution >= 4 is 38.9 Å². The molecule has 0 bridgehead atoms. The first-order valence-corrected chi connectivity index (χ1v) is 10.8. The highest BCUT2D eigenvalue weighted by molar-refractivity contribution is 7.17. The van der Waals surface area contributed by atoms with Gasteiger partial charge in [0.1, 0.15) is 16.3 Å². The minimum Gasteiger partial charge on any atom is -0.495 e. The predicted molar refractivity (Wildman–Crippen MR) is 117 cm³/mol. The highest BCUT2D eigenvalue weighted by atomic mass is 32.1. The zero-order valence-corrected chi connectivity index (χ0v) is 17.7. The normalized spacial score (nSPS) is 11.3. The van der Waals surface area contributed by atoms with Crippen LogP contribution in [0.1, 0.15) is 32.0 Å². The van der Waals surface area contributed by atoms with E-state index in [2.05, 4.69) is 15.5 Å². The van der Waals surface area contributed by atoms with Gasteiger partial charge in [0.2, 0.25) is 11.7 Å². The second kappa shape index (κ2) is 8.66. The van der Waals surface area contributed by atoms with E-state index in [1.54, 1.807) is 17.7 Å². The van der Waals surface area contributed by atoms with E-state index in [4.69, 9.17) is 4.74 Å². The van der Waals surface area contributed by atoms with E-state index >= 15 is 0 Å². The Morgan fingerprint density at radius 3 is 2.87 bits per heavy atom. The van der Waals surface area contributed by atoms with Gasteiger partial charge in [-0.3, -0.25) is 18.6 Å². The molecule has 0 saturated carbocycles. The number of thiophene rings is 1. The van der Waals surface area contributed by atoms with Crippen molar-refractivity contribution < 1.29 is 9.53 Å². The Hall–Kier alpha value is -3.20. The van der Waals surface area contributed by atoms with Crippen molar-refractivity contribution in [3.8, 4) is 5.75 Å². The van der Waals surface area contributed by atoms with Crippen LogP contribution in [0.2, 0.25) is 0 Å². The number of nitrogens with zero attached hydrogens (tertiary/aromatic N) is 4. The van der Waals surface area contributed by atoms with E-state index in [1.807, 2.05) is 41.0 Å². The maximum atomic E-state index is 12.8. The highest BCUT2D eigenvalue weighted by Crippen LogP contribution is 2.24. The Labute approximate surface area is 177 Å². The topological polar surface area (TPSA) is 90.5 Å². The summed E-state index contributed by atoms with van der Waals surface area (Å²) in [6.45, 7) is 2.62. The van der Waals surface area contributed by atoms with Crippen molar-refractivity contribution in [1.82, 2.24) is 19.2 Å². The number of amides is 1. The number of nitrogens with one attached hydrogen (secondary N) is 1. The summed E-state index contributed by atoms with van der Waals surface area (Å²) in [7, 11) is 1.57. The van der Waals surface area contributed by atoms with Gasteiger partial charge in [-0.05, 0) is 36.4 Å². The molecule has 0 atom stereocenters. The minimum absolute atomic E-state index is 0.0236. The molecule has 0 aliphatic rings. The van der Waals surface area contributed by atoms with Gasteiger partial charge in [-0.15, -0.1) is 21.5 Å². The summed E-state index contributed by atoms with van der Waals surface area (Å²) in [5.74, 6) is 1.85. The number of ether oxygens (including phenoxy) is 1. The number of carbonyl (C=O) groups is 1. The third kappa shape index (κ3) is 3.68. The molecule has 9 heteroatoms. The lowest BCUT2D eigenvalue weighted by Crippen LogP contribution is -2.22. The molecule has 0 fully saturated rings. The number of rotatable bonds is 8. The molecule has 0 saturated heterocycles. The van der Waals surface area contributed by atoms with Crippen molar-refractivity contribution in [3.05, 3.63) is 51.9 Å². The molecule has 0 aliphatic heterocycles. The molecule has 0 unspecified atom stereocenters. The number of anilines is 1. The predicted octanol–water partition coefficient (Wildman–Crippen LogP) is 3.49. The van der Waals surface area contributed by atoms with Gasteiger partial charge in [0.05, 0.1) is 18.3 Å². The van der Waals surface area contributed by atoms with E-state index in [0.717, 1.165) is 17.8 Å². The van der Waals surface area contributed by atoms with Crippen LogP contribution in [0.15, 0.2) is 40.5 Å². The van der Waals surface area contributed by atoms with E-state index in [9.17, 15) is 9.59 Å². The first-order chi connectivity index (χ1) is 14.6. The molecule has 0 aliphatic carbocycles. The van der Waals surface area contributed by atoms with Gasteiger partial charge >= 0.3 is 0 Å². The van der Waals surface area contributed by atoms with Crippen molar-refractivity contribution in [2.24, 2.45) is 0 Å². The van der Waals surface area contributed by atoms with E-state index < -0.39 is 0 Å². The number of para-hydroxylation sites is 2. The van der Waals surface area contributed by atoms with Gasteiger partial charge in [-0.2, -0.15) is 0 Å². The Morgan fingerprint density at radius 2 is 2.07 bits per heavy atom. The van der Waals surface area contributed by atoms with E-state index in [0.29, 0.717) is 47.7 Å². The molecular formula is C21H23N5O3S. The average molecular weight is 426 g/mol. The Balaban J connectivity index is 1.52. The molecule has 0 radical (unpaired) electrons. The number of fused-ring (bicyclic) bond motifs is 3. The van der Waals surface area contributed by atoms with Crippen molar-refractivity contribution in [3.63, 3.8) is 0 Å². The van der Waals surface area contributed by atoms with Gasteiger partial charge in [0, 0.05) is 19.4 Å². The van der Waals surface area contributed by atoms with Crippen molar-refractivity contribution in [2.75, 3.05) is 12.4 Å². The molecule has 1 aromatic carbocycles. The maximum absolute atomic E-state index is 12.8. The third-order valence-corrected chi connectivity index (χ3v) is 5.80. The Morgan fingerprint density at radius 1 is 1.23 bits per heavy atom. The van der Waals surface area contributed by atoms with Crippen LogP contribution in [-0.4, -0.2) is 32.2 Å². The number of carbonyl (C=O) groups excluding carboxylic acids is 1. The Kier molecular flexibility index (Phi) is 5.80. The van der Waals surface area contributed by atoms with Crippen molar-refractivity contribution in [2.45, 2.75) is 39.2 Å². The molecule has 1 amide bonds. The molecule has 3 heterocycles. The van der Waals surface area contributed by atoms with Crippen LogP contribution in [0.4, 0.5) is 5.69 Å². The number of aryl methyl sites for hydroxylation is 2. The lowest BCUT2D eigenvalue weighted by atomic mass is 10.2. The number of benzene rings is 1. The van der Waals surface area contributed by atoms with Crippen LogP contribution in [0.3, 0.4) is 0 Å². The standard InChI is InChI=1S/C21H23N5O3S/c1-3-12-25-20(28)19-15(11-13-30-19)26-17(23-24-21(25)26)9-6-10-18(27)22-14-7-4-5-8-16(14)29-2/h4-5,7-8,11,13H,3,6,9-10,12H2,1-2H3,(H,22,27). The molecule has 1 N–H and O–H groups in total. The summed E-state index contributed by atoms with van der Waals surface area (Å²) in [6.07, 6.45) is 2.36. The molecule has 4 aromatic rings. The summed E-state index contributed by atoms with van der Waals surface area (Å²) in [6, 6.07) is 9.24. The number of hydrogen-bond donors (Lipinski definition) is 1. The lowest BCUT2D eigenvalue weighted by Gasteiger charge is -2.10. The second-order valence-electron chi connectivity index (χ2n) is 6.95. The average Bonchev–Trinajstić information content (AvgIpc) is 3.39. The summed E-state index contributed by atoms with van der Waals surface area (Å²) in [5.41, 5.74) is 1.46. The largest absolute Gasteiger partial charge is 0.495 e. The first kappa shape index (κ1) is 20.1. The summed E-state index contributed by atoms with van der Waals surface area (Å²) in [4.78, 5) is 25.1. The maximum Gasteiger partial charge on any atom is 0.272 e. The number of methoxy groups -OCH3 is 1. The molecule has 4 rings (SSSR count). The van der Waals surface area contributed by atoms with Crippen LogP contribution in [-0.2, 0) is 17.8 Å². The van der Waals surface area contributed by atoms with E-state index in [1.165, 1.54) is 11.3 Å². The fourth-order valence-corrected chi connectivity index (χ4v) is 4.36. The zero-order valence-electron chi connectivity index (χ0n) is 16.9. The SMILES string of the molecule is CCCn1c(=O)c2sccc2n2c(CCCC(=O)Nc3ccccc3OC)nnc12. The Bertz CT molecular complexity index is 1260. The highest BCUT2D eigenvalue weighted by Gasteiger charge is 2.17. The van der Waals surface area contributed by atoms with E-state index in [-0.39, 0.29) is 11.5 Å². The van der Waals surface area contributed by atoms with Gasteiger partial charge in [-0.25, -0.2) is 0 Å². The minimum atomic E-state index is -0.0862. The van der Waals surface area contributed by atoms with Crippen LogP contribution >= 0.6 is 11.3 Å². The third-order valence-electron chi connectivity index (χ3n) is 4.91. The molecule has 156 valence electrons. The fraction of sp³-hybridized carbons (Fsp3) is 0.333. The second-order valence-corrected chi connectivity index (χ2v) is 7.86. The van der Waals surface area contributed by atoms with Crippen LogP contribution in [0.25, 0.3) is 16.0 Å². The van der Waals surface area contributed by atoms with Crippen molar-refractivity contribution in [1.29, 1.82) is 0 Å². The zero-order chi connectivity index (χ0) is 21.1. The smallest absolute Gasteiger partial charge is 0.272 e. The van der Waals surface area contributed by atoms with Gasteiger partial charge in [0.25, 0.3) is 5.56 Å². The van der Waals surface area contributed by atoms with Crippen LogP contribution < -0.4 is 15.6 Å². The molecular weight excluding hydrogens is 402 g/mol. The molecule has 0 spiro atoms. The summed E-state index contributed by atoms with van der Waals surface area (Å²) in [5, 5.41) is 13.4. The summed E-state index contributed by atoms with van der Waals surface area (Å²) >= 11 is 1.43. The fourth-order valence-electron chi connectivity index (χ4n) is 3.54. The van der Waals surface area contributed by atoms with Gasteiger partial charge in [0.15, 0.2) is 0 Å². The monoisotopic (exact) mass is 425 g/mol.